The minimum absolute atomic E-state index is 0. The number of anilines is 1. The van der Waals surface area contributed by atoms with E-state index in [0.717, 1.165) is 42.9 Å². The molecule has 0 aliphatic carbocycles. The lowest BCUT2D eigenvalue weighted by molar-refractivity contribution is -0.648. The fourth-order valence-electron chi connectivity index (χ4n) is 3.20. The molecule has 0 fully saturated rings. The zero-order valence-electron chi connectivity index (χ0n) is 14.6. The van der Waals surface area contributed by atoms with Crippen molar-refractivity contribution >= 4 is 23.0 Å². The van der Waals surface area contributed by atoms with Crippen LogP contribution in [0.4, 0.5) is 5.95 Å². The summed E-state index contributed by atoms with van der Waals surface area (Å²) in [5.41, 5.74) is 9.91. The van der Waals surface area contributed by atoms with E-state index in [1.54, 1.807) is 0 Å². The van der Waals surface area contributed by atoms with Gasteiger partial charge in [-0.05, 0) is 37.0 Å². The van der Waals surface area contributed by atoms with Crippen molar-refractivity contribution in [3.63, 3.8) is 0 Å². The van der Waals surface area contributed by atoms with Crippen molar-refractivity contribution in [3.05, 3.63) is 60.2 Å². The van der Waals surface area contributed by atoms with E-state index in [1.165, 1.54) is 5.56 Å². The van der Waals surface area contributed by atoms with Crippen LogP contribution in [0.15, 0.2) is 54.6 Å². The summed E-state index contributed by atoms with van der Waals surface area (Å²) in [6.45, 7) is 1.53. The number of unbranched alkanes of at least 4 members (excludes halogenated alkanes) is 2. The van der Waals surface area contributed by atoms with Crippen molar-refractivity contribution in [2.24, 2.45) is 0 Å². The topological polar surface area (TPSA) is 72.1 Å². The number of aromatic nitrogens is 2. The third kappa shape index (κ3) is 4.64. The Morgan fingerprint density at radius 2 is 1.69 bits per heavy atom. The minimum Gasteiger partial charge on any atom is -1.00 e. The van der Waals surface area contributed by atoms with Gasteiger partial charge in [0.1, 0.15) is 11.0 Å². The number of nitrogen functional groups attached to an aromatic ring is 1. The summed E-state index contributed by atoms with van der Waals surface area (Å²) in [4.78, 5) is 10.6. The largest absolute Gasteiger partial charge is 1.00 e. The molecular weight excluding hydrogens is 394 g/mol. The lowest BCUT2D eigenvalue weighted by Gasteiger charge is -2.03. The number of imidazole rings is 1. The predicted molar refractivity (Wildman–Crippen MR) is 98.2 cm³/mol. The fraction of sp³-hybridized carbons (Fsp3) is 0.300. The molecule has 5 nitrogen and oxygen atoms in total. The number of carbonyl (C=O) groups is 1. The lowest BCUT2D eigenvalue weighted by Crippen LogP contribution is -3.00. The summed E-state index contributed by atoms with van der Waals surface area (Å²) in [5, 5.41) is 8.73. The number of carboxylic acids is 1. The van der Waals surface area contributed by atoms with Crippen LogP contribution in [0.2, 0.25) is 0 Å². The van der Waals surface area contributed by atoms with E-state index >= 15 is 0 Å². The molecule has 0 unspecified atom stereocenters. The normalized spacial score (nSPS) is 10.6. The van der Waals surface area contributed by atoms with E-state index in [4.69, 9.17) is 10.8 Å². The summed E-state index contributed by atoms with van der Waals surface area (Å²) in [7, 11) is 0. The summed E-state index contributed by atoms with van der Waals surface area (Å²) >= 11 is 0. The Balaban J connectivity index is 0.00000243. The number of rotatable bonds is 8. The van der Waals surface area contributed by atoms with Crippen molar-refractivity contribution in [2.45, 2.75) is 38.8 Å². The van der Waals surface area contributed by atoms with Crippen LogP contribution in [0.1, 0.15) is 31.2 Å². The second kappa shape index (κ2) is 9.38. The summed E-state index contributed by atoms with van der Waals surface area (Å²) in [6, 6.07) is 18.5. The molecule has 26 heavy (non-hydrogen) atoms. The number of nitrogens with zero attached hydrogens (tertiary/aromatic N) is 2. The Hall–Kier alpha value is -2.34. The highest BCUT2D eigenvalue weighted by Crippen LogP contribution is 2.18. The second-order valence-electron chi connectivity index (χ2n) is 6.27. The maximum atomic E-state index is 10.6. The van der Waals surface area contributed by atoms with E-state index < -0.39 is 5.97 Å². The van der Waals surface area contributed by atoms with Gasteiger partial charge in [-0.3, -0.25) is 10.5 Å². The van der Waals surface area contributed by atoms with Gasteiger partial charge in [0.2, 0.25) is 0 Å². The molecule has 138 valence electrons. The van der Waals surface area contributed by atoms with E-state index in [2.05, 4.69) is 33.4 Å². The van der Waals surface area contributed by atoms with E-state index in [0.29, 0.717) is 6.42 Å². The molecule has 3 rings (SSSR count). The molecule has 1 aromatic heterocycles. The number of fused-ring (bicyclic) bond motifs is 1. The molecule has 0 aliphatic rings. The number of hydrogen-bond donors (Lipinski definition) is 2. The third-order valence-corrected chi connectivity index (χ3v) is 4.47. The first kappa shape index (κ1) is 20.0. The van der Waals surface area contributed by atoms with Gasteiger partial charge >= 0.3 is 11.9 Å². The zero-order valence-corrected chi connectivity index (χ0v) is 16.2. The summed E-state index contributed by atoms with van der Waals surface area (Å²) < 4.78 is 4.28. The van der Waals surface area contributed by atoms with Crippen LogP contribution in [-0.2, 0) is 17.9 Å². The lowest BCUT2D eigenvalue weighted by atomic mass is 10.2. The Bertz CT molecular complexity index is 862. The van der Waals surface area contributed by atoms with Crippen molar-refractivity contribution < 1.29 is 31.4 Å². The van der Waals surface area contributed by atoms with Gasteiger partial charge in [0.05, 0.1) is 13.1 Å². The number of para-hydroxylation sites is 2. The molecular formula is C20H24BrN3O2. The second-order valence-corrected chi connectivity index (χ2v) is 6.27. The van der Waals surface area contributed by atoms with Crippen molar-refractivity contribution in [2.75, 3.05) is 5.73 Å². The monoisotopic (exact) mass is 417 g/mol. The van der Waals surface area contributed by atoms with E-state index in [1.807, 2.05) is 30.3 Å². The predicted octanol–water partition coefficient (Wildman–Crippen LogP) is 0.208. The van der Waals surface area contributed by atoms with Gasteiger partial charge in [0.15, 0.2) is 0 Å². The smallest absolute Gasteiger partial charge is 0.356 e. The van der Waals surface area contributed by atoms with Gasteiger partial charge in [0, 0.05) is 6.42 Å². The highest BCUT2D eigenvalue weighted by Gasteiger charge is 2.20. The van der Waals surface area contributed by atoms with Crippen LogP contribution in [0.3, 0.4) is 0 Å². The Kier molecular flexibility index (Phi) is 7.21. The molecule has 1 heterocycles. The third-order valence-electron chi connectivity index (χ3n) is 4.47. The molecule has 0 radical (unpaired) electrons. The maximum absolute atomic E-state index is 10.6. The Morgan fingerprint density at radius 3 is 2.42 bits per heavy atom. The molecule has 0 amide bonds. The number of benzene rings is 2. The molecule has 6 heteroatoms. The standard InChI is InChI=1S/C20H23N3O2.BrH/c21-20-22(14-8-2-5-13-19(24)25)17-11-6-7-12-18(17)23(20)15-16-9-3-1-4-10-16;/h1,3-4,6-7,9-12,21H,2,5,8,13-15H2,(H,24,25);1H. The average molecular weight is 418 g/mol. The molecule has 0 bridgehead atoms. The average Bonchev–Trinajstić information content (AvgIpc) is 2.88. The van der Waals surface area contributed by atoms with Gasteiger partial charge < -0.3 is 22.1 Å². The van der Waals surface area contributed by atoms with Crippen molar-refractivity contribution in [3.8, 4) is 0 Å². The van der Waals surface area contributed by atoms with Gasteiger partial charge in [-0.15, -0.1) is 0 Å². The Morgan fingerprint density at radius 1 is 1.00 bits per heavy atom. The summed E-state index contributed by atoms with van der Waals surface area (Å²) in [5.74, 6) is 0.00918. The highest BCUT2D eigenvalue weighted by molar-refractivity contribution is 5.73. The van der Waals surface area contributed by atoms with Crippen LogP contribution in [-0.4, -0.2) is 15.6 Å². The van der Waals surface area contributed by atoms with Gasteiger partial charge in [-0.2, -0.15) is 0 Å². The van der Waals surface area contributed by atoms with Crippen molar-refractivity contribution in [1.29, 1.82) is 0 Å². The van der Waals surface area contributed by atoms with Crippen LogP contribution in [0.5, 0.6) is 0 Å². The first-order valence-electron chi connectivity index (χ1n) is 8.69. The van der Waals surface area contributed by atoms with Crippen molar-refractivity contribution in [1.82, 2.24) is 4.57 Å². The molecule has 3 N–H and O–H groups in total. The zero-order chi connectivity index (χ0) is 17.6. The number of carboxylic acid groups (broad SMARTS) is 1. The summed E-state index contributed by atoms with van der Waals surface area (Å²) in [6.07, 6.45) is 2.74. The highest BCUT2D eigenvalue weighted by atomic mass is 79.9. The van der Waals surface area contributed by atoms with Gasteiger partial charge in [-0.25, -0.2) is 9.13 Å². The molecule has 0 aliphatic heterocycles. The molecule has 3 aromatic rings. The molecule has 2 aromatic carbocycles. The van der Waals surface area contributed by atoms with Crippen LogP contribution in [0, 0.1) is 0 Å². The number of hydrogen-bond acceptors (Lipinski definition) is 2. The number of aryl methyl sites for hydroxylation is 1. The molecule has 0 spiro atoms. The van der Waals surface area contributed by atoms with Gasteiger partial charge in [-0.1, -0.05) is 42.5 Å². The number of nitrogens with two attached hydrogens (primary N) is 1. The first-order chi connectivity index (χ1) is 12.2. The van der Waals surface area contributed by atoms with Crippen LogP contribution in [0.25, 0.3) is 11.0 Å². The Labute approximate surface area is 163 Å². The SMILES string of the molecule is Nc1n(CCCCCC(=O)O)c2ccccc2[n+]1Cc1ccccc1.[Br-]. The molecule has 0 atom stereocenters. The quantitative estimate of drug-likeness (QED) is 0.406. The fourth-order valence-corrected chi connectivity index (χ4v) is 3.20. The van der Waals surface area contributed by atoms with Gasteiger partial charge in [0.25, 0.3) is 0 Å². The minimum atomic E-state index is -0.730. The number of aliphatic carboxylic acids is 1. The van der Waals surface area contributed by atoms with Crippen LogP contribution < -0.4 is 27.3 Å². The molecule has 0 saturated heterocycles. The van der Waals surface area contributed by atoms with E-state index in [9.17, 15) is 4.79 Å². The van der Waals surface area contributed by atoms with Crippen LogP contribution >= 0.6 is 0 Å². The van der Waals surface area contributed by atoms with E-state index in [-0.39, 0.29) is 23.4 Å². The maximum Gasteiger partial charge on any atom is 0.356 e. The first-order valence-corrected chi connectivity index (χ1v) is 8.69. The molecule has 0 saturated carbocycles. The number of halogens is 1.